The molecule has 4 aromatic rings. The maximum absolute atomic E-state index is 12.6. The van der Waals surface area contributed by atoms with Crippen molar-refractivity contribution in [2.24, 2.45) is 0 Å². The van der Waals surface area contributed by atoms with Crippen molar-refractivity contribution in [2.45, 2.75) is 24.1 Å². The Hall–Kier alpha value is -3.58. The maximum atomic E-state index is 12.6. The average molecular weight is 459 g/mol. The first-order valence-corrected chi connectivity index (χ1v) is 11.9. The van der Waals surface area contributed by atoms with Crippen molar-refractivity contribution in [3.8, 4) is 0 Å². The molecule has 168 valence electrons. The van der Waals surface area contributed by atoms with Crippen LogP contribution in [0.4, 0.5) is 0 Å². The lowest BCUT2D eigenvalue weighted by Gasteiger charge is -2.21. The summed E-state index contributed by atoms with van der Waals surface area (Å²) in [4.78, 5) is 32.5. The van der Waals surface area contributed by atoms with Gasteiger partial charge in [-0.15, -0.1) is 11.8 Å². The molecule has 33 heavy (non-hydrogen) atoms. The van der Waals surface area contributed by atoms with Gasteiger partial charge in [-0.3, -0.25) is 9.59 Å². The van der Waals surface area contributed by atoms with Gasteiger partial charge < -0.3 is 14.6 Å². The molecule has 2 aromatic heterocycles. The number of carbonyl (C=O) groups excluding carboxylic acids is 2. The molecule has 0 unspecified atom stereocenters. The lowest BCUT2D eigenvalue weighted by molar-refractivity contribution is -0.130. The van der Waals surface area contributed by atoms with Crippen molar-refractivity contribution < 1.29 is 9.59 Å². The van der Waals surface area contributed by atoms with E-state index in [2.05, 4.69) is 10.3 Å². The first-order chi connectivity index (χ1) is 16.1. The number of hydrogen-bond donors (Lipinski definition) is 1. The van der Waals surface area contributed by atoms with Crippen molar-refractivity contribution in [1.82, 2.24) is 19.6 Å². The molecule has 0 fully saturated rings. The molecule has 0 aliphatic carbocycles. The second-order valence-electron chi connectivity index (χ2n) is 7.59. The van der Waals surface area contributed by atoms with Gasteiger partial charge in [0.25, 0.3) is 5.91 Å². The van der Waals surface area contributed by atoms with Crippen LogP contribution in [0, 0.1) is 0 Å². The third-order valence-corrected chi connectivity index (χ3v) is 6.31. The number of hydrogen-bond acceptors (Lipinski definition) is 4. The van der Waals surface area contributed by atoms with Gasteiger partial charge in [0.15, 0.2) is 0 Å². The van der Waals surface area contributed by atoms with Gasteiger partial charge in [0, 0.05) is 41.7 Å². The summed E-state index contributed by atoms with van der Waals surface area (Å²) >= 11 is 1.67. The van der Waals surface area contributed by atoms with Crippen molar-refractivity contribution in [3.63, 3.8) is 0 Å². The van der Waals surface area contributed by atoms with Crippen LogP contribution >= 0.6 is 11.8 Å². The van der Waals surface area contributed by atoms with Crippen LogP contribution in [0.2, 0.25) is 0 Å². The standard InChI is InChI=1S/C26H26N4O2S/c1-2-29(17-20-8-4-3-5-9-20)25(31)16-27-26(32)21-11-13-23(14-12-21)33-19-22-18-30-15-7-6-10-24(30)28-22/h3-15,18H,2,16-17,19H2,1H3,(H,27,32). The van der Waals surface area contributed by atoms with Gasteiger partial charge in [0.05, 0.1) is 12.2 Å². The van der Waals surface area contributed by atoms with Crippen molar-refractivity contribution >= 4 is 29.2 Å². The van der Waals surface area contributed by atoms with E-state index < -0.39 is 0 Å². The fourth-order valence-corrected chi connectivity index (χ4v) is 4.25. The van der Waals surface area contributed by atoms with Gasteiger partial charge in [0.1, 0.15) is 5.65 Å². The summed E-state index contributed by atoms with van der Waals surface area (Å²) in [5.41, 5.74) is 3.53. The Morgan fingerprint density at radius 3 is 2.48 bits per heavy atom. The summed E-state index contributed by atoms with van der Waals surface area (Å²) in [5, 5.41) is 2.74. The van der Waals surface area contributed by atoms with Crippen molar-refractivity contribution in [3.05, 3.63) is 102 Å². The molecule has 0 aliphatic rings. The number of pyridine rings is 1. The van der Waals surface area contributed by atoms with Crippen molar-refractivity contribution in [1.29, 1.82) is 0 Å². The van der Waals surface area contributed by atoms with Crippen LogP contribution in [0.15, 0.2) is 90.1 Å². The highest BCUT2D eigenvalue weighted by atomic mass is 32.2. The van der Waals surface area contributed by atoms with E-state index in [1.807, 2.05) is 84.4 Å². The summed E-state index contributed by atoms with van der Waals surface area (Å²) in [6, 6.07) is 23.2. The molecule has 0 saturated heterocycles. The Bertz CT molecular complexity index is 1190. The van der Waals surface area contributed by atoms with Crippen LogP contribution in [0.5, 0.6) is 0 Å². The molecular formula is C26H26N4O2S. The zero-order valence-electron chi connectivity index (χ0n) is 18.5. The zero-order chi connectivity index (χ0) is 23.0. The Balaban J connectivity index is 1.27. The number of aromatic nitrogens is 2. The van der Waals surface area contributed by atoms with E-state index in [1.54, 1.807) is 28.8 Å². The molecular weight excluding hydrogens is 432 g/mol. The molecule has 0 radical (unpaired) electrons. The number of fused-ring (bicyclic) bond motifs is 1. The lowest BCUT2D eigenvalue weighted by atomic mass is 10.2. The molecule has 0 aliphatic heterocycles. The van der Waals surface area contributed by atoms with E-state index in [-0.39, 0.29) is 18.4 Å². The number of likely N-dealkylation sites (N-methyl/N-ethyl adjacent to an activating group) is 1. The highest BCUT2D eigenvalue weighted by molar-refractivity contribution is 7.98. The predicted molar refractivity (Wildman–Crippen MR) is 131 cm³/mol. The van der Waals surface area contributed by atoms with Gasteiger partial charge in [-0.25, -0.2) is 4.98 Å². The van der Waals surface area contributed by atoms with Gasteiger partial charge >= 0.3 is 0 Å². The average Bonchev–Trinajstić information content (AvgIpc) is 3.28. The van der Waals surface area contributed by atoms with E-state index in [4.69, 9.17) is 0 Å². The van der Waals surface area contributed by atoms with Crippen molar-refractivity contribution in [2.75, 3.05) is 13.1 Å². The van der Waals surface area contributed by atoms with Crippen LogP contribution in [0.1, 0.15) is 28.5 Å². The minimum absolute atomic E-state index is 0.0239. The molecule has 1 N–H and O–H groups in total. The number of carbonyl (C=O) groups is 2. The fourth-order valence-electron chi connectivity index (χ4n) is 3.47. The van der Waals surface area contributed by atoms with Gasteiger partial charge in [-0.1, -0.05) is 36.4 Å². The minimum atomic E-state index is -0.254. The first-order valence-electron chi connectivity index (χ1n) is 10.9. The summed E-state index contributed by atoms with van der Waals surface area (Å²) < 4.78 is 2.00. The zero-order valence-corrected chi connectivity index (χ0v) is 19.3. The smallest absolute Gasteiger partial charge is 0.251 e. The molecule has 0 bridgehead atoms. The minimum Gasteiger partial charge on any atom is -0.343 e. The van der Waals surface area contributed by atoms with E-state index in [0.717, 1.165) is 27.6 Å². The number of nitrogens with one attached hydrogen (secondary N) is 1. The molecule has 2 heterocycles. The van der Waals surface area contributed by atoms with Crippen LogP contribution in [-0.4, -0.2) is 39.2 Å². The maximum Gasteiger partial charge on any atom is 0.251 e. The van der Waals surface area contributed by atoms with Crippen LogP contribution in [-0.2, 0) is 17.1 Å². The Morgan fingerprint density at radius 2 is 1.76 bits per heavy atom. The summed E-state index contributed by atoms with van der Waals surface area (Å²) in [6.45, 7) is 3.03. The highest BCUT2D eigenvalue weighted by Gasteiger charge is 2.14. The normalized spacial score (nSPS) is 10.8. The third-order valence-electron chi connectivity index (χ3n) is 5.27. The molecule has 4 rings (SSSR count). The second kappa shape index (κ2) is 10.8. The van der Waals surface area contributed by atoms with Crippen LogP contribution < -0.4 is 5.32 Å². The Morgan fingerprint density at radius 1 is 1.00 bits per heavy atom. The van der Waals surface area contributed by atoms with Crippen LogP contribution in [0.25, 0.3) is 5.65 Å². The largest absolute Gasteiger partial charge is 0.343 e. The number of rotatable bonds is 9. The number of thioether (sulfide) groups is 1. The number of benzene rings is 2. The number of imidazole rings is 1. The second-order valence-corrected chi connectivity index (χ2v) is 8.64. The number of amides is 2. The molecule has 6 nitrogen and oxygen atoms in total. The quantitative estimate of drug-likeness (QED) is 0.378. The number of nitrogens with zero attached hydrogens (tertiary/aromatic N) is 3. The predicted octanol–water partition coefficient (Wildman–Crippen LogP) is 4.41. The topological polar surface area (TPSA) is 66.7 Å². The SMILES string of the molecule is CCN(Cc1ccccc1)C(=O)CNC(=O)c1ccc(SCc2cn3ccccc3n2)cc1. The Kier molecular flexibility index (Phi) is 7.42. The van der Waals surface area contributed by atoms with E-state index >= 15 is 0 Å². The molecule has 0 saturated carbocycles. The molecule has 2 amide bonds. The monoisotopic (exact) mass is 458 g/mol. The van der Waals surface area contributed by atoms with Gasteiger partial charge in [0.2, 0.25) is 5.91 Å². The third kappa shape index (κ3) is 6.02. The van der Waals surface area contributed by atoms with E-state index in [9.17, 15) is 9.59 Å². The molecule has 7 heteroatoms. The highest BCUT2D eigenvalue weighted by Crippen LogP contribution is 2.23. The molecule has 2 aromatic carbocycles. The van der Waals surface area contributed by atoms with Gasteiger partial charge in [-0.2, -0.15) is 0 Å². The van der Waals surface area contributed by atoms with Crippen LogP contribution in [0.3, 0.4) is 0 Å². The van der Waals surface area contributed by atoms with E-state index in [0.29, 0.717) is 18.7 Å². The summed E-state index contributed by atoms with van der Waals surface area (Å²) in [5.74, 6) is 0.390. The first kappa shape index (κ1) is 22.6. The summed E-state index contributed by atoms with van der Waals surface area (Å²) in [7, 11) is 0. The summed E-state index contributed by atoms with van der Waals surface area (Å²) in [6.07, 6.45) is 4.01. The van der Waals surface area contributed by atoms with E-state index in [1.165, 1.54) is 0 Å². The molecule has 0 spiro atoms. The van der Waals surface area contributed by atoms with Gasteiger partial charge in [-0.05, 0) is 48.9 Å². The Labute approximate surface area is 197 Å². The lowest BCUT2D eigenvalue weighted by Crippen LogP contribution is -2.39. The fraction of sp³-hybridized carbons (Fsp3) is 0.192. The molecule has 0 atom stereocenters.